The van der Waals surface area contributed by atoms with Crippen LogP contribution in [0.2, 0.25) is 0 Å². The van der Waals surface area contributed by atoms with E-state index in [2.05, 4.69) is 101 Å². The van der Waals surface area contributed by atoms with E-state index in [4.69, 9.17) is 0 Å². The zero-order valence-corrected chi connectivity index (χ0v) is 40.4. The highest BCUT2D eigenvalue weighted by molar-refractivity contribution is 5.96. The molecular weight excluding hydrogens is 981 g/mol. The fraction of sp³-hybridized carbons (Fsp3) is 0. The molecule has 0 aliphatic heterocycles. The zero-order valence-electron chi connectivity index (χ0n) is 40.4. The second kappa shape index (κ2) is 25.3. The first-order valence-corrected chi connectivity index (χ1v) is 22.8. The number of carboxylic acid groups (broad SMARTS) is 5. The van der Waals surface area contributed by atoms with Crippen molar-refractivity contribution in [3.8, 4) is 94.7 Å². The minimum Gasteiger partial charge on any atom is -0.508 e. The molecule has 0 amide bonds. The van der Waals surface area contributed by atoms with Crippen molar-refractivity contribution >= 4 is 41.7 Å². The SMILES string of the molecule is C=C(O)c1cc(C#CC#Cc2ccc(C#Cc3cc(C#Cc4ccc(C#CC#Cc5cc(C(=O)O)cc(C(=O)O)c5)cc4)cc(C#Cc4ccc(C#CC=Cc5cc(C(=O)O)cc(C(=O)O)c5)cc4)c3)cc2)cc(C(=O)O)c1. The second-order valence-corrected chi connectivity index (χ2v) is 16.3. The molecule has 7 aromatic rings. The molecule has 0 radical (unpaired) electrons. The molecule has 0 aromatic heterocycles. The van der Waals surface area contributed by atoms with Crippen LogP contribution in [0.1, 0.15) is 124 Å². The Kier molecular flexibility index (Phi) is 17.4. The standard InChI is InChI=1S/C67H34O11/c1-44(68)57-35-51(36-58(41-57)63(69)70)11-5-2-8-45-14-20-48(21-15-45)26-29-54-32-55(30-27-49-22-16-46(17-23-49)9-3-6-12-52-37-59(64(71)72)42-60(38-52)65(73)74)34-56(33-54)31-28-50-24-18-47(19-25-50)10-4-7-13-53-39-61(66(75)76)43-62(40-53)67(77)78/h6,12,14-25,32-43,68H,1H2,(H,69,70)(H,71,72)(H,73,74)(H,75,76)(H,77,78). The summed E-state index contributed by atoms with van der Waals surface area (Å²) in [6, 6.07) is 38.6. The van der Waals surface area contributed by atoms with E-state index in [1.54, 1.807) is 48.5 Å². The van der Waals surface area contributed by atoms with Crippen molar-refractivity contribution in [1.82, 2.24) is 0 Å². The summed E-state index contributed by atoms with van der Waals surface area (Å²) in [5.74, 6) is 40.7. The van der Waals surface area contributed by atoms with E-state index in [1.165, 1.54) is 54.6 Å². The first kappa shape index (κ1) is 53.4. The highest BCUT2D eigenvalue weighted by atomic mass is 16.4. The van der Waals surface area contributed by atoms with Crippen molar-refractivity contribution in [3.63, 3.8) is 0 Å². The quantitative estimate of drug-likeness (QED) is 0.0655. The molecule has 368 valence electrons. The molecule has 0 fully saturated rings. The van der Waals surface area contributed by atoms with Crippen LogP contribution in [0.25, 0.3) is 11.8 Å². The lowest BCUT2D eigenvalue weighted by Gasteiger charge is -2.02. The summed E-state index contributed by atoms with van der Waals surface area (Å²) in [5.41, 5.74) is 6.37. The van der Waals surface area contributed by atoms with Crippen molar-refractivity contribution in [3.05, 3.63) is 258 Å². The van der Waals surface area contributed by atoms with Crippen molar-refractivity contribution in [2.45, 2.75) is 0 Å². The smallest absolute Gasteiger partial charge is 0.335 e. The third kappa shape index (κ3) is 15.8. The Labute approximate surface area is 447 Å². The number of aromatic carboxylic acids is 5. The average molecular weight is 1010 g/mol. The van der Waals surface area contributed by atoms with Crippen molar-refractivity contribution in [2.75, 3.05) is 0 Å². The summed E-state index contributed by atoms with van der Waals surface area (Å²) in [7, 11) is 0. The molecule has 0 bridgehead atoms. The summed E-state index contributed by atoms with van der Waals surface area (Å²) in [5, 5.41) is 56.6. The van der Waals surface area contributed by atoms with Gasteiger partial charge in [0.25, 0.3) is 0 Å². The van der Waals surface area contributed by atoms with E-state index in [1.807, 2.05) is 42.5 Å². The lowest BCUT2D eigenvalue weighted by atomic mass is 10.0. The van der Waals surface area contributed by atoms with Gasteiger partial charge in [-0.25, -0.2) is 24.0 Å². The Morgan fingerprint density at radius 1 is 0.295 bits per heavy atom. The number of carbonyl (C=O) groups is 5. The maximum Gasteiger partial charge on any atom is 0.335 e. The molecular formula is C67H34O11. The number of hydrogen-bond donors (Lipinski definition) is 6. The fourth-order valence-electron chi connectivity index (χ4n) is 6.80. The van der Waals surface area contributed by atoms with Gasteiger partial charge < -0.3 is 30.6 Å². The predicted molar refractivity (Wildman–Crippen MR) is 293 cm³/mol. The van der Waals surface area contributed by atoms with Crippen molar-refractivity contribution in [1.29, 1.82) is 0 Å². The zero-order chi connectivity index (χ0) is 55.6. The van der Waals surface area contributed by atoms with Crippen LogP contribution in [0.3, 0.4) is 0 Å². The van der Waals surface area contributed by atoms with E-state index in [0.29, 0.717) is 61.2 Å². The first-order valence-electron chi connectivity index (χ1n) is 22.8. The molecule has 0 unspecified atom stereocenters. The monoisotopic (exact) mass is 1010 g/mol. The lowest BCUT2D eigenvalue weighted by molar-refractivity contribution is 0.0676. The minimum atomic E-state index is -1.28. The Morgan fingerprint density at radius 2 is 0.538 bits per heavy atom. The number of aliphatic hydroxyl groups is 1. The van der Waals surface area contributed by atoms with Gasteiger partial charge in [0.1, 0.15) is 5.76 Å². The molecule has 7 aromatic carbocycles. The van der Waals surface area contributed by atoms with E-state index < -0.39 is 29.8 Å². The number of rotatable bonds is 7. The maximum absolute atomic E-state index is 11.5. The van der Waals surface area contributed by atoms with Gasteiger partial charge in [-0.15, -0.1) is 0 Å². The van der Waals surface area contributed by atoms with Gasteiger partial charge in [-0.05, 0) is 187 Å². The van der Waals surface area contributed by atoms with Crippen LogP contribution in [-0.4, -0.2) is 60.5 Å². The van der Waals surface area contributed by atoms with Crippen molar-refractivity contribution < 1.29 is 54.6 Å². The predicted octanol–water partition coefficient (Wildman–Crippen LogP) is 9.78. The van der Waals surface area contributed by atoms with Crippen LogP contribution >= 0.6 is 0 Å². The molecule has 0 saturated carbocycles. The van der Waals surface area contributed by atoms with Crippen LogP contribution in [0.15, 0.2) is 158 Å². The summed E-state index contributed by atoms with van der Waals surface area (Å²) < 4.78 is 0. The molecule has 0 heterocycles. The van der Waals surface area contributed by atoms with Gasteiger partial charge in [0.05, 0.1) is 27.8 Å². The molecule has 0 aliphatic carbocycles. The maximum atomic E-state index is 11.5. The number of allylic oxidation sites excluding steroid dienone is 1. The Bertz CT molecular complexity index is 3940. The molecule has 7 rings (SSSR count). The van der Waals surface area contributed by atoms with Crippen LogP contribution in [0.4, 0.5) is 0 Å². The summed E-state index contributed by atoms with van der Waals surface area (Å²) in [6.45, 7) is 3.45. The number of carboxylic acids is 5. The topological polar surface area (TPSA) is 207 Å². The van der Waals surface area contributed by atoms with Gasteiger partial charge in [0, 0.05) is 66.8 Å². The molecule has 11 heteroatoms. The Hall–Kier alpha value is -12.4. The molecule has 11 nitrogen and oxygen atoms in total. The normalized spacial score (nSPS) is 9.54. The molecule has 0 spiro atoms. The highest BCUT2D eigenvalue weighted by Gasteiger charge is 2.12. The molecule has 0 atom stereocenters. The van der Waals surface area contributed by atoms with E-state index in [9.17, 15) is 54.6 Å². The van der Waals surface area contributed by atoms with Crippen LogP contribution < -0.4 is 0 Å². The first-order chi connectivity index (χ1) is 37.5. The average Bonchev–Trinajstić information content (AvgIpc) is 3.43. The summed E-state index contributed by atoms with van der Waals surface area (Å²) in [4.78, 5) is 57.3. The molecule has 0 aliphatic rings. The van der Waals surface area contributed by atoms with Crippen LogP contribution in [0, 0.1) is 94.7 Å². The van der Waals surface area contributed by atoms with Crippen molar-refractivity contribution in [2.24, 2.45) is 0 Å². The fourth-order valence-corrected chi connectivity index (χ4v) is 6.80. The molecule has 0 saturated heterocycles. The van der Waals surface area contributed by atoms with Gasteiger partial charge in [0.15, 0.2) is 0 Å². The van der Waals surface area contributed by atoms with Gasteiger partial charge in [0.2, 0.25) is 0 Å². The third-order valence-corrected chi connectivity index (χ3v) is 10.6. The van der Waals surface area contributed by atoms with E-state index in [0.717, 1.165) is 12.1 Å². The minimum absolute atomic E-state index is 0.0465. The summed E-state index contributed by atoms with van der Waals surface area (Å²) >= 11 is 0. The molecule has 6 N–H and O–H groups in total. The largest absolute Gasteiger partial charge is 0.508 e. The Balaban J connectivity index is 1.11. The number of benzene rings is 7. The van der Waals surface area contributed by atoms with E-state index >= 15 is 0 Å². The highest BCUT2D eigenvalue weighted by Crippen LogP contribution is 2.17. The van der Waals surface area contributed by atoms with Gasteiger partial charge in [-0.1, -0.05) is 77.6 Å². The Morgan fingerprint density at radius 3 is 0.859 bits per heavy atom. The van der Waals surface area contributed by atoms with E-state index in [-0.39, 0.29) is 44.7 Å². The van der Waals surface area contributed by atoms with Crippen LogP contribution in [0.5, 0.6) is 0 Å². The third-order valence-electron chi connectivity index (χ3n) is 10.6. The summed E-state index contributed by atoms with van der Waals surface area (Å²) in [6.07, 6.45) is 3.03. The second-order valence-electron chi connectivity index (χ2n) is 16.3. The van der Waals surface area contributed by atoms with Gasteiger partial charge in [-0.3, -0.25) is 0 Å². The van der Waals surface area contributed by atoms with Crippen LogP contribution in [-0.2, 0) is 0 Å². The number of hydrogen-bond acceptors (Lipinski definition) is 6. The van der Waals surface area contributed by atoms with Gasteiger partial charge >= 0.3 is 29.8 Å². The van der Waals surface area contributed by atoms with Gasteiger partial charge in [-0.2, -0.15) is 0 Å². The lowest BCUT2D eigenvalue weighted by Crippen LogP contribution is -2.03. The molecule has 78 heavy (non-hydrogen) atoms. The number of aliphatic hydroxyl groups excluding tert-OH is 1.